The van der Waals surface area contributed by atoms with Gasteiger partial charge in [0, 0.05) is 25.2 Å². The third-order valence-electron chi connectivity index (χ3n) is 5.60. The molecule has 3 atom stereocenters. The Bertz CT molecular complexity index is 667. The van der Waals surface area contributed by atoms with E-state index in [0.29, 0.717) is 18.2 Å². The van der Waals surface area contributed by atoms with Gasteiger partial charge in [0.25, 0.3) is 0 Å². The zero-order valence-electron chi connectivity index (χ0n) is 14.2. The van der Waals surface area contributed by atoms with E-state index >= 15 is 0 Å². The van der Waals surface area contributed by atoms with Crippen molar-refractivity contribution in [3.05, 3.63) is 84.4 Å². The van der Waals surface area contributed by atoms with Gasteiger partial charge in [0.2, 0.25) is 0 Å². The second kappa shape index (κ2) is 6.92. The summed E-state index contributed by atoms with van der Waals surface area (Å²) in [4.78, 5) is 5.38. The van der Waals surface area contributed by atoms with E-state index in [1.807, 2.05) is 0 Å². The Hall–Kier alpha value is -1.90. The summed E-state index contributed by atoms with van der Waals surface area (Å²) in [7, 11) is 0. The van der Waals surface area contributed by atoms with Crippen LogP contribution in [0.2, 0.25) is 0 Å². The number of hydrogen-bond donors (Lipinski definition) is 0. The highest BCUT2D eigenvalue weighted by Gasteiger charge is 2.43. The second-order valence-corrected chi connectivity index (χ2v) is 6.93. The fourth-order valence-electron chi connectivity index (χ4n) is 4.58. The topological polar surface area (TPSA) is 6.48 Å². The molecule has 2 saturated heterocycles. The zero-order valence-corrected chi connectivity index (χ0v) is 14.2. The van der Waals surface area contributed by atoms with Gasteiger partial charge in [-0.05, 0) is 30.4 Å². The van der Waals surface area contributed by atoms with E-state index in [1.165, 1.54) is 30.5 Å². The van der Waals surface area contributed by atoms with Crippen LogP contribution in [0, 0.1) is 0 Å². The average molecular weight is 318 g/mol. The predicted octanol–water partition coefficient (Wildman–Crippen LogP) is 4.78. The summed E-state index contributed by atoms with van der Waals surface area (Å²) in [5, 5.41) is 0. The van der Waals surface area contributed by atoms with E-state index < -0.39 is 0 Å². The first-order valence-electron chi connectivity index (χ1n) is 9.11. The standard InChI is InChI=1S/C22H26N2/c1-2-15-23-20(18-10-5-3-6-11-18)17-21(19-12-7-4-8-13-19)24-16-9-14-22(23)24/h2-8,10-13,20-22H,1,9,14-17H2/t20-,21+,22+/m1/s1. The van der Waals surface area contributed by atoms with Crippen molar-refractivity contribution in [1.82, 2.24) is 9.80 Å². The molecule has 0 aliphatic carbocycles. The molecule has 24 heavy (non-hydrogen) atoms. The fraction of sp³-hybridized carbons (Fsp3) is 0.364. The Balaban J connectivity index is 1.72. The lowest BCUT2D eigenvalue weighted by atomic mass is 9.89. The molecular weight excluding hydrogens is 292 g/mol. The first-order chi connectivity index (χ1) is 11.9. The molecule has 0 unspecified atom stereocenters. The van der Waals surface area contributed by atoms with Crippen LogP contribution in [0.3, 0.4) is 0 Å². The van der Waals surface area contributed by atoms with Crippen LogP contribution >= 0.6 is 0 Å². The maximum Gasteiger partial charge on any atom is 0.0636 e. The van der Waals surface area contributed by atoms with Crippen LogP contribution in [-0.4, -0.2) is 29.1 Å². The molecule has 0 N–H and O–H groups in total. The van der Waals surface area contributed by atoms with Gasteiger partial charge in [-0.15, -0.1) is 6.58 Å². The van der Waals surface area contributed by atoms with E-state index in [9.17, 15) is 0 Å². The van der Waals surface area contributed by atoms with Crippen molar-refractivity contribution < 1.29 is 0 Å². The minimum absolute atomic E-state index is 0.466. The van der Waals surface area contributed by atoms with Crippen molar-refractivity contribution in [2.45, 2.75) is 37.5 Å². The number of benzene rings is 2. The highest BCUT2D eigenvalue weighted by molar-refractivity contribution is 5.25. The maximum atomic E-state index is 4.01. The summed E-state index contributed by atoms with van der Waals surface area (Å²) in [5.41, 5.74) is 2.90. The molecule has 2 nitrogen and oxygen atoms in total. The van der Waals surface area contributed by atoms with Gasteiger partial charge in [-0.25, -0.2) is 0 Å². The van der Waals surface area contributed by atoms with Crippen LogP contribution in [0.25, 0.3) is 0 Å². The smallest absolute Gasteiger partial charge is 0.0636 e. The molecule has 124 valence electrons. The van der Waals surface area contributed by atoms with E-state index in [-0.39, 0.29) is 0 Å². The molecule has 2 aromatic carbocycles. The minimum Gasteiger partial charge on any atom is -0.281 e. The third kappa shape index (κ3) is 2.81. The quantitative estimate of drug-likeness (QED) is 0.748. The highest BCUT2D eigenvalue weighted by atomic mass is 15.4. The molecule has 2 fully saturated rings. The van der Waals surface area contributed by atoms with Gasteiger partial charge < -0.3 is 0 Å². The summed E-state index contributed by atoms with van der Waals surface area (Å²) in [6, 6.07) is 23.1. The molecule has 4 rings (SSSR count). The first-order valence-corrected chi connectivity index (χ1v) is 9.11. The Morgan fingerprint density at radius 2 is 1.54 bits per heavy atom. The van der Waals surface area contributed by atoms with Crippen LogP contribution in [0.4, 0.5) is 0 Å². The summed E-state index contributed by atoms with van der Waals surface area (Å²) in [6.07, 6.45) is 6.31. The molecular formula is C22H26N2. The monoisotopic (exact) mass is 318 g/mol. The van der Waals surface area contributed by atoms with Gasteiger partial charge in [0.15, 0.2) is 0 Å². The highest BCUT2D eigenvalue weighted by Crippen LogP contribution is 2.45. The number of fused-ring (bicyclic) bond motifs is 1. The van der Waals surface area contributed by atoms with Gasteiger partial charge in [-0.2, -0.15) is 0 Å². The van der Waals surface area contributed by atoms with E-state index in [2.05, 4.69) is 83.1 Å². The summed E-state index contributed by atoms with van der Waals surface area (Å²) in [5.74, 6) is 0. The summed E-state index contributed by atoms with van der Waals surface area (Å²) >= 11 is 0. The number of hydrogen-bond acceptors (Lipinski definition) is 2. The van der Waals surface area contributed by atoms with E-state index in [0.717, 1.165) is 13.0 Å². The first kappa shape index (κ1) is 15.6. The Labute approximate surface area is 145 Å². The van der Waals surface area contributed by atoms with Gasteiger partial charge in [0.1, 0.15) is 0 Å². The maximum absolute atomic E-state index is 4.01. The largest absolute Gasteiger partial charge is 0.281 e. The average Bonchev–Trinajstić information content (AvgIpc) is 3.13. The fourth-order valence-corrected chi connectivity index (χ4v) is 4.58. The predicted molar refractivity (Wildman–Crippen MR) is 99.6 cm³/mol. The second-order valence-electron chi connectivity index (χ2n) is 6.93. The lowest BCUT2D eigenvalue weighted by molar-refractivity contribution is -0.0393. The van der Waals surface area contributed by atoms with E-state index in [1.54, 1.807) is 0 Å². The van der Waals surface area contributed by atoms with Crippen molar-refractivity contribution in [2.75, 3.05) is 13.1 Å². The van der Waals surface area contributed by atoms with Crippen molar-refractivity contribution in [3.8, 4) is 0 Å². The normalized spacial score (nSPS) is 27.8. The molecule has 2 aliphatic rings. The van der Waals surface area contributed by atoms with Crippen molar-refractivity contribution >= 4 is 0 Å². The lowest BCUT2D eigenvalue weighted by Crippen LogP contribution is -2.53. The van der Waals surface area contributed by atoms with Crippen molar-refractivity contribution in [2.24, 2.45) is 0 Å². The van der Waals surface area contributed by atoms with Crippen molar-refractivity contribution in [1.29, 1.82) is 0 Å². The Morgan fingerprint density at radius 3 is 2.17 bits per heavy atom. The summed E-state index contributed by atoms with van der Waals surface area (Å²) < 4.78 is 0. The van der Waals surface area contributed by atoms with Gasteiger partial charge in [-0.3, -0.25) is 9.80 Å². The minimum atomic E-state index is 0.466. The lowest BCUT2D eigenvalue weighted by Gasteiger charge is -2.50. The Morgan fingerprint density at radius 1 is 0.917 bits per heavy atom. The third-order valence-corrected chi connectivity index (χ3v) is 5.60. The van der Waals surface area contributed by atoms with E-state index in [4.69, 9.17) is 0 Å². The van der Waals surface area contributed by atoms with Gasteiger partial charge >= 0.3 is 0 Å². The van der Waals surface area contributed by atoms with Crippen LogP contribution in [0.5, 0.6) is 0 Å². The molecule has 2 aliphatic heterocycles. The molecule has 2 heterocycles. The molecule has 0 radical (unpaired) electrons. The zero-order chi connectivity index (χ0) is 16.4. The molecule has 0 aromatic heterocycles. The summed E-state index contributed by atoms with van der Waals surface area (Å²) in [6.45, 7) is 6.18. The molecule has 0 amide bonds. The van der Waals surface area contributed by atoms with Crippen LogP contribution in [-0.2, 0) is 0 Å². The molecule has 2 aromatic rings. The SMILES string of the molecule is C=CCN1[C@@H]2CCCN2[C@H](c2ccccc2)C[C@@H]1c1ccccc1. The van der Waals surface area contributed by atoms with Gasteiger partial charge in [-0.1, -0.05) is 66.7 Å². The van der Waals surface area contributed by atoms with Gasteiger partial charge in [0.05, 0.1) is 6.17 Å². The number of rotatable bonds is 4. The Kier molecular flexibility index (Phi) is 4.50. The van der Waals surface area contributed by atoms with Crippen LogP contribution in [0.1, 0.15) is 42.5 Å². The number of nitrogens with zero attached hydrogens (tertiary/aromatic N) is 2. The molecule has 0 saturated carbocycles. The van der Waals surface area contributed by atoms with Crippen LogP contribution in [0.15, 0.2) is 73.3 Å². The molecule has 2 heteroatoms. The molecule has 0 spiro atoms. The van der Waals surface area contributed by atoms with Crippen LogP contribution < -0.4 is 0 Å². The van der Waals surface area contributed by atoms with Crippen molar-refractivity contribution in [3.63, 3.8) is 0 Å². The molecule has 0 bridgehead atoms.